The third-order valence-electron chi connectivity index (χ3n) is 6.81. The monoisotopic (exact) mass is 535 g/mol. The van der Waals surface area contributed by atoms with Gasteiger partial charge in [-0.1, -0.05) is 76.1 Å². The minimum atomic E-state index is -2.10. The van der Waals surface area contributed by atoms with Crippen molar-refractivity contribution < 1.29 is 23.9 Å². The Morgan fingerprint density at radius 1 is 0.794 bits per heavy atom. The lowest BCUT2D eigenvalue weighted by Crippen LogP contribution is -2.51. The highest BCUT2D eigenvalue weighted by molar-refractivity contribution is 9.10. The molecule has 0 aromatic heterocycles. The molecule has 0 bridgehead atoms. The predicted octanol–water partition coefficient (Wildman–Crippen LogP) is 4.80. The SMILES string of the molecule is O=C1C2C(c3ccc(Br)cc3)OC3(C(=O)c4ccccc4C3=O)C2C(=O)N1c1ccccc1Cl. The number of nitrogens with zero attached hydrogens (tertiary/aromatic N) is 1. The van der Waals surface area contributed by atoms with E-state index in [4.69, 9.17) is 16.3 Å². The summed E-state index contributed by atoms with van der Waals surface area (Å²) >= 11 is 9.71. The summed E-state index contributed by atoms with van der Waals surface area (Å²) in [4.78, 5) is 56.0. The summed E-state index contributed by atoms with van der Waals surface area (Å²) in [7, 11) is 0. The molecule has 168 valence electrons. The number of amides is 2. The van der Waals surface area contributed by atoms with Gasteiger partial charge >= 0.3 is 0 Å². The van der Waals surface area contributed by atoms with Crippen LogP contribution < -0.4 is 4.90 Å². The van der Waals surface area contributed by atoms with Gasteiger partial charge < -0.3 is 4.74 Å². The number of para-hydroxylation sites is 1. The van der Waals surface area contributed by atoms with Crippen LogP contribution in [0.25, 0.3) is 0 Å². The Morgan fingerprint density at radius 2 is 1.38 bits per heavy atom. The number of halogens is 2. The highest BCUT2D eigenvalue weighted by atomic mass is 79.9. The van der Waals surface area contributed by atoms with E-state index in [1.807, 2.05) is 0 Å². The summed E-state index contributed by atoms with van der Waals surface area (Å²) in [5, 5.41) is 0.215. The molecule has 3 unspecified atom stereocenters. The fourth-order valence-corrected chi connectivity index (χ4v) is 5.83. The molecule has 0 saturated carbocycles. The average molecular weight is 537 g/mol. The van der Waals surface area contributed by atoms with Gasteiger partial charge in [0, 0.05) is 15.6 Å². The largest absolute Gasteiger partial charge is 0.349 e. The fourth-order valence-electron chi connectivity index (χ4n) is 5.34. The zero-order valence-corrected chi connectivity index (χ0v) is 19.7. The van der Waals surface area contributed by atoms with Gasteiger partial charge in [0.15, 0.2) is 0 Å². The van der Waals surface area contributed by atoms with Crippen LogP contribution in [0.3, 0.4) is 0 Å². The molecule has 2 heterocycles. The Bertz CT molecular complexity index is 1380. The Morgan fingerprint density at radius 3 is 2.00 bits per heavy atom. The van der Waals surface area contributed by atoms with Crippen molar-refractivity contribution in [3.8, 4) is 0 Å². The van der Waals surface area contributed by atoms with Crippen molar-refractivity contribution in [3.63, 3.8) is 0 Å². The second-order valence-corrected chi connectivity index (χ2v) is 9.82. The summed E-state index contributed by atoms with van der Waals surface area (Å²) in [6, 6.07) is 19.9. The van der Waals surface area contributed by atoms with E-state index < -0.39 is 46.9 Å². The summed E-state index contributed by atoms with van der Waals surface area (Å²) in [5.74, 6) is -4.78. The van der Waals surface area contributed by atoms with E-state index in [0.717, 1.165) is 9.37 Å². The molecule has 6 rings (SSSR count). The van der Waals surface area contributed by atoms with Gasteiger partial charge in [0.2, 0.25) is 29.0 Å². The number of carbonyl (C=O) groups excluding carboxylic acids is 4. The first kappa shape index (κ1) is 21.4. The molecule has 3 aromatic rings. The summed E-state index contributed by atoms with van der Waals surface area (Å²) in [5.41, 5.74) is -0.907. The first-order valence-corrected chi connectivity index (χ1v) is 11.8. The van der Waals surface area contributed by atoms with Gasteiger partial charge in [0.25, 0.3) is 0 Å². The summed E-state index contributed by atoms with van der Waals surface area (Å²) in [6.45, 7) is 0. The van der Waals surface area contributed by atoms with Gasteiger partial charge in [-0.05, 0) is 29.8 Å². The minimum absolute atomic E-state index is 0.194. The molecule has 0 N–H and O–H groups in total. The van der Waals surface area contributed by atoms with Crippen LogP contribution in [0, 0.1) is 11.8 Å². The number of ketones is 2. The van der Waals surface area contributed by atoms with E-state index in [2.05, 4.69) is 15.9 Å². The molecular formula is C26H15BrClNO5. The van der Waals surface area contributed by atoms with E-state index in [1.165, 1.54) is 0 Å². The standard InChI is InChI=1S/C26H15BrClNO5/c27-14-11-9-13(10-12-14)21-19-20(25(33)29(24(19)32)18-8-4-3-7-17(18)28)26(34-21)22(30)15-5-1-2-6-16(15)23(26)31/h1-12,19-21H. The van der Waals surface area contributed by atoms with Crippen LogP contribution in [0.15, 0.2) is 77.3 Å². The van der Waals surface area contributed by atoms with Gasteiger partial charge in [-0.25, -0.2) is 4.90 Å². The molecule has 6 nitrogen and oxygen atoms in total. The van der Waals surface area contributed by atoms with Crippen LogP contribution in [0.5, 0.6) is 0 Å². The lowest BCUT2D eigenvalue weighted by atomic mass is 9.77. The number of ether oxygens (including phenoxy) is 1. The average Bonchev–Trinajstić information content (AvgIpc) is 3.40. The number of imide groups is 1. The van der Waals surface area contributed by atoms with E-state index >= 15 is 0 Å². The molecule has 8 heteroatoms. The van der Waals surface area contributed by atoms with Gasteiger partial charge in [-0.15, -0.1) is 0 Å². The molecule has 2 saturated heterocycles. The Labute approximate surface area is 207 Å². The minimum Gasteiger partial charge on any atom is -0.349 e. The predicted molar refractivity (Wildman–Crippen MR) is 127 cm³/mol. The third-order valence-corrected chi connectivity index (χ3v) is 7.66. The molecule has 1 spiro atoms. The number of Topliss-reactive ketones (excluding diaryl/α,β-unsaturated/α-hetero) is 2. The van der Waals surface area contributed by atoms with Gasteiger partial charge in [-0.3, -0.25) is 19.2 Å². The fraction of sp³-hybridized carbons (Fsp3) is 0.154. The number of carbonyl (C=O) groups is 4. The van der Waals surface area contributed by atoms with Crippen molar-refractivity contribution >= 4 is 56.6 Å². The van der Waals surface area contributed by atoms with Crippen LogP contribution in [0.1, 0.15) is 32.4 Å². The Kier molecular flexibility index (Phi) is 4.68. The molecule has 0 radical (unpaired) electrons. The van der Waals surface area contributed by atoms with Crippen LogP contribution in [-0.2, 0) is 14.3 Å². The van der Waals surface area contributed by atoms with E-state index in [-0.39, 0.29) is 21.8 Å². The van der Waals surface area contributed by atoms with Crippen LogP contribution in [-0.4, -0.2) is 29.0 Å². The zero-order chi connectivity index (χ0) is 23.8. The van der Waals surface area contributed by atoms with E-state index in [0.29, 0.717) is 5.56 Å². The van der Waals surface area contributed by atoms with Gasteiger partial charge in [0.1, 0.15) is 0 Å². The molecule has 3 aliphatic rings. The van der Waals surface area contributed by atoms with E-state index in [9.17, 15) is 19.2 Å². The van der Waals surface area contributed by atoms with Crippen molar-refractivity contribution in [2.75, 3.05) is 4.90 Å². The number of rotatable bonds is 2. The molecule has 1 aliphatic carbocycles. The maximum atomic E-state index is 13.8. The first-order chi connectivity index (χ1) is 16.4. The Balaban J connectivity index is 1.56. The van der Waals surface area contributed by atoms with Crippen LogP contribution >= 0.6 is 27.5 Å². The van der Waals surface area contributed by atoms with Crippen molar-refractivity contribution in [3.05, 3.63) is 99.0 Å². The molecule has 2 amide bonds. The second-order valence-electron chi connectivity index (χ2n) is 8.50. The van der Waals surface area contributed by atoms with Crippen LogP contribution in [0.2, 0.25) is 5.02 Å². The maximum Gasteiger partial charge on any atom is 0.241 e. The quantitative estimate of drug-likeness (QED) is 0.347. The molecular weight excluding hydrogens is 522 g/mol. The maximum absolute atomic E-state index is 13.8. The smallest absolute Gasteiger partial charge is 0.241 e. The molecule has 2 aliphatic heterocycles. The number of fused-ring (bicyclic) bond motifs is 3. The lowest BCUT2D eigenvalue weighted by molar-refractivity contribution is -0.127. The second kappa shape index (κ2) is 7.43. The number of hydrogen-bond acceptors (Lipinski definition) is 5. The van der Waals surface area contributed by atoms with Gasteiger partial charge in [0.05, 0.1) is 28.6 Å². The normalized spacial score (nSPS) is 24.8. The van der Waals surface area contributed by atoms with Crippen molar-refractivity contribution in [2.45, 2.75) is 11.7 Å². The van der Waals surface area contributed by atoms with Crippen molar-refractivity contribution in [2.24, 2.45) is 11.8 Å². The first-order valence-electron chi connectivity index (χ1n) is 10.6. The number of hydrogen-bond donors (Lipinski definition) is 0. The highest BCUT2D eigenvalue weighted by Gasteiger charge is 2.74. The van der Waals surface area contributed by atoms with Crippen molar-refractivity contribution in [1.29, 1.82) is 0 Å². The zero-order valence-electron chi connectivity index (χ0n) is 17.4. The highest BCUT2D eigenvalue weighted by Crippen LogP contribution is 2.58. The van der Waals surface area contributed by atoms with E-state index in [1.54, 1.807) is 72.8 Å². The number of benzene rings is 3. The summed E-state index contributed by atoms with van der Waals surface area (Å²) in [6.07, 6.45) is -0.968. The van der Waals surface area contributed by atoms with Crippen LogP contribution in [0.4, 0.5) is 5.69 Å². The topological polar surface area (TPSA) is 80.8 Å². The Hall–Kier alpha value is -3.13. The van der Waals surface area contributed by atoms with Gasteiger partial charge in [-0.2, -0.15) is 0 Å². The van der Waals surface area contributed by atoms with Crippen molar-refractivity contribution in [1.82, 2.24) is 0 Å². The molecule has 3 atom stereocenters. The number of anilines is 1. The summed E-state index contributed by atoms with van der Waals surface area (Å²) < 4.78 is 7.06. The molecule has 34 heavy (non-hydrogen) atoms. The third kappa shape index (κ3) is 2.66. The lowest BCUT2D eigenvalue weighted by Gasteiger charge is -2.27. The molecule has 3 aromatic carbocycles. The molecule has 2 fully saturated rings.